The molecule has 1 rings (SSSR count). The molecule has 0 aliphatic carbocycles. The van der Waals surface area contributed by atoms with Crippen LogP contribution in [0.15, 0.2) is 12.1 Å². The molecule has 9 heteroatoms. The molecule has 0 bridgehead atoms. The first-order valence-corrected chi connectivity index (χ1v) is 6.53. The van der Waals surface area contributed by atoms with Crippen molar-refractivity contribution < 1.29 is 18.3 Å². The van der Waals surface area contributed by atoms with E-state index in [0.717, 1.165) is 0 Å². The van der Waals surface area contributed by atoms with E-state index in [1.54, 1.807) is 7.05 Å². The lowest BCUT2D eigenvalue weighted by molar-refractivity contribution is -0.121. The Morgan fingerprint density at radius 3 is 2.62 bits per heavy atom. The van der Waals surface area contributed by atoms with E-state index in [1.807, 2.05) is 0 Å². The van der Waals surface area contributed by atoms with Crippen LogP contribution in [-0.2, 0) is 11.3 Å². The van der Waals surface area contributed by atoms with Crippen LogP contribution in [0.5, 0.6) is 5.75 Å². The van der Waals surface area contributed by atoms with Gasteiger partial charge in [-0.25, -0.2) is 0 Å². The van der Waals surface area contributed by atoms with Gasteiger partial charge in [0.1, 0.15) is 5.75 Å². The summed E-state index contributed by atoms with van der Waals surface area (Å²) < 4.78 is 29.0. The standard InChI is InChI=1S/C12H14Cl2F2N2O2.ClH/c1-17-3-2-10(19)18-6-7-4-8(13)5-9(14)11(7)20-12(15)16;/h4-5,12,17H,2-3,6H2,1H3,(H,18,19);1H. The van der Waals surface area contributed by atoms with Gasteiger partial charge in [0.2, 0.25) is 5.91 Å². The van der Waals surface area contributed by atoms with Crippen LogP contribution in [-0.4, -0.2) is 26.1 Å². The Balaban J connectivity index is 0.00000400. The third-order valence-electron chi connectivity index (χ3n) is 2.37. The topological polar surface area (TPSA) is 50.4 Å². The van der Waals surface area contributed by atoms with Crippen LogP contribution >= 0.6 is 35.6 Å². The number of carbonyl (C=O) groups excluding carboxylic acids is 1. The fourth-order valence-electron chi connectivity index (χ4n) is 1.49. The summed E-state index contributed by atoms with van der Waals surface area (Å²) in [6.45, 7) is -2.49. The van der Waals surface area contributed by atoms with Crippen LogP contribution in [0.25, 0.3) is 0 Å². The second-order valence-electron chi connectivity index (χ2n) is 3.88. The van der Waals surface area contributed by atoms with Crippen molar-refractivity contribution in [1.82, 2.24) is 10.6 Å². The first-order valence-electron chi connectivity index (χ1n) is 5.78. The minimum Gasteiger partial charge on any atom is -0.433 e. The fourth-order valence-corrected chi connectivity index (χ4v) is 2.07. The largest absolute Gasteiger partial charge is 0.433 e. The molecule has 21 heavy (non-hydrogen) atoms. The van der Waals surface area contributed by atoms with Gasteiger partial charge in [0, 0.05) is 30.1 Å². The highest BCUT2D eigenvalue weighted by atomic mass is 35.5. The van der Waals surface area contributed by atoms with Crippen molar-refractivity contribution in [2.24, 2.45) is 0 Å². The SMILES string of the molecule is CNCCC(=O)NCc1cc(Cl)cc(Cl)c1OC(F)F.Cl. The van der Waals surface area contributed by atoms with Gasteiger partial charge in [-0.3, -0.25) is 4.79 Å². The number of halogens is 5. The maximum absolute atomic E-state index is 12.3. The minimum absolute atomic E-state index is 0. The zero-order valence-electron chi connectivity index (χ0n) is 11.1. The number of rotatable bonds is 7. The monoisotopic (exact) mass is 362 g/mol. The number of alkyl halides is 2. The highest BCUT2D eigenvalue weighted by Gasteiger charge is 2.15. The van der Waals surface area contributed by atoms with Crippen molar-refractivity contribution in [2.45, 2.75) is 19.6 Å². The molecule has 120 valence electrons. The van der Waals surface area contributed by atoms with Crippen LogP contribution in [0.3, 0.4) is 0 Å². The van der Waals surface area contributed by atoms with Gasteiger partial charge in [-0.15, -0.1) is 12.4 Å². The van der Waals surface area contributed by atoms with Crippen LogP contribution in [0.2, 0.25) is 10.0 Å². The van der Waals surface area contributed by atoms with Crippen molar-refractivity contribution in [3.63, 3.8) is 0 Å². The molecule has 4 nitrogen and oxygen atoms in total. The smallest absolute Gasteiger partial charge is 0.387 e. The summed E-state index contributed by atoms with van der Waals surface area (Å²) in [5.41, 5.74) is 0.292. The summed E-state index contributed by atoms with van der Waals surface area (Å²) in [5, 5.41) is 5.65. The third-order valence-corrected chi connectivity index (χ3v) is 2.87. The molecule has 2 N–H and O–H groups in total. The molecule has 1 aromatic carbocycles. The van der Waals surface area contributed by atoms with Gasteiger partial charge < -0.3 is 15.4 Å². The van der Waals surface area contributed by atoms with Crippen LogP contribution in [0.1, 0.15) is 12.0 Å². The zero-order chi connectivity index (χ0) is 15.1. The molecular weight excluding hydrogens is 348 g/mol. The number of carbonyl (C=O) groups is 1. The van der Waals surface area contributed by atoms with Gasteiger partial charge in [-0.2, -0.15) is 8.78 Å². The average Bonchev–Trinajstić information content (AvgIpc) is 2.37. The summed E-state index contributed by atoms with van der Waals surface area (Å²) in [5.74, 6) is -0.404. The van der Waals surface area contributed by atoms with Crippen molar-refractivity contribution in [2.75, 3.05) is 13.6 Å². The maximum atomic E-state index is 12.3. The summed E-state index contributed by atoms with van der Waals surface area (Å²) in [6, 6.07) is 2.72. The normalized spacial score (nSPS) is 10.2. The molecule has 0 saturated heterocycles. The van der Waals surface area contributed by atoms with Gasteiger partial charge in [-0.05, 0) is 19.2 Å². The predicted molar refractivity (Wildman–Crippen MR) is 80.7 cm³/mol. The van der Waals surface area contributed by atoms with Crippen molar-refractivity contribution in [3.8, 4) is 5.75 Å². The Kier molecular flexibility index (Phi) is 9.61. The van der Waals surface area contributed by atoms with E-state index in [0.29, 0.717) is 12.1 Å². The second-order valence-corrected chi connectivity index (χ2v) is 4.73. The number of hydrogen-bond donors (Lipinski definition) is 2. The Labute approximate surface area is 137 Å². The van der Waals surface area contributed by atoms with Crippen LogP contribution < -0.4 is 15.4 Å². The number of hydrogen-bond acceptors (Lipinski definition) is 3. The molecule has 0 aliphatic heterocycles. The molecule has 0 radical (unpaired) electrons. The van der Waals surface area contributed by atoms with E-state index >= 15 is 0 Å². The van der Waals surface area contributed by atoms with Crippen molar-refractivity contribution in [1.29, 1.82) is 0 Å². The molecule has 0 heterocycles. The van der Waals surface area contributed by atoms with Crippen molar-refractivity contribution >= 4 is 41.5 Å². The lowest BCUT2D eigenvalue weighted by Crippen LogP contribution is -2.26. The predicted octanol–water partition coefficient (Wildman–Crippen LogP) is 3.24. The molecule has 0 atom stereocenters. The minimum atomic E-state index is -3.01. The fraction of sp³-hybridized carbons (Fsp3) is 0.417. The molecule has 1 amide bonds. The van der Waals surface area contributed by atoms with Gasteiger partial charge in [0.25, 0.3) is 0 Å². The highest BCUT2D eigenvalue weighted by Crippen LogP contribution is 2.33. The number of nitrogens with one attached hydrogen (secondary N) is 2. The van der Waals surface area contributed by atoms with E-state index in [4.69, 9.17) is 23.2 Å². The average molecular weight is 364 g/mol. The lowest BCUT2D eigenvalue weighted by atomic mass is 10.2. The van der Waals surface area contributed by atoms with Crippen LogP contribution in [0, 0.1) is 0 Å². The Morgan fingerprint density at radius 1 is 1.38 bits per heavy atom. The lowest BCUT2D eigenvalue weighted by Gasteiger charge is -2.13. The number of ether oxygens (including phenoxy) is 1. The Bertz CT molecular complexity index is 476. The van der Waals surface area contributed by atoms with E-state index in [1.165, 1.54) is 12.1 Å². The van der Waals surface area contributed by atoms with Gasteiger partial charge in [0.05, 0.1) is 5.02 Å². The molecular formula is C12H15Cl3F2N2O2. The summed E-state index contributed by atoms with van der Waals surface area (Å²) in [4.78, 5) is 11.5. The molecule has 0 aromatic heterocycles. The molecule has 0 fully saturated rings. The Morgan fingerprint density at radius 2 is 2.05 bits per heavy atom. The number of amides is 1. The summed E-state index contributed by atoms with van der Waals surface area (Å²) >= 11 is 11.6. The second kappa shape index (κ2) is 10.00. The third kappa shape index (κ3) is 7.13. The molecule has 1 aromatic rings. The van der Waals surface area contributed by atoms with Gasteiger partial charge in [0.15, 0.2) is 0 Å². The Hall–Kier alpha value is -0.820. The van der Waals surface area contributed by atoms with E-state index in [9.17, 15) is 13.6 Å². The maximum Gasteiger partial charge on any atom is 0.387 e. The highest BCUT2D eigenvalue weighted by molar-refractivity contribution is 6.35. The summed E-state index contributed by atoms with van der Waals surface area (Å²) in [6.07, 6.45) is 0.274. The summed E-state index contributed by atoms with van der Waals surface area (Å²) in [7, 11) is 1.72. The number of benzene rings is 1. The van der Waals surface area contributed by atoms with E-state index < -0.39 is 6.61 Å². The van der Waals surface area contributed by atoms with Crippen LogP contribution in [0.4, 0.5) is 8.78 Å². The van der Waals surface area contributed by atoms with Gasteiger partial charge in [-0.1, -0.05) is 23.2 Å². The zero-order valence-corrected chi connectivity index (χ0v) is 13.4. The molecule has 0 aliphatic rings. The quantitative estimate of drug-likeness (QED) is 0.782. The molecule has 0 saturated carbocycles. The van der Waals surface area contributed by atoms with E-state index in [2.05, 4.69) is 15.4 Å². The first-order chi connectivity index (χ1) is 9.43. The van der Waals surface area contributed by atoms with E-state index in [-0.39, 0.29) is 47.1 Å². The molecule has 0 unspecified atom stereocenters. The van der Waals surface area contributed by atoms with Gasteiger partial charge >= 0.3 is 6.61 Å². The first kappa shape index (κ1) is 20.2. The molecule has 0 spiro atoms. The van der Waals surface area contributed by atoms with Crippen molar-refractivity contribution in [3.05, 3.63) is 27.7 Å².